The van der Waals surface area contributed by atoms with Gasteiger partial charge in [-0.25, -0.2) is 13.8 Å². The molecule has 0 aliphatic heterocycles. The lowest BCUT2D eigenvalue weighted by atomic mass is 9.90. The molecule has 12 heteroatoms. The van der Waals surface area contributed by atoms with Crippen LogP contribution in [0.15, 0.2) is 42.6 Å². The van der Waals surface area contributed by atoms with Crippen LogP contribution in [-0.4, -0.2) is 40.0 Å². The number of rotatable bonds is 10. The summed E-state index contributed by atoms with van der Waals surface area (Å²) in [5.74, 6) is -3.40. The number of primary amides is 1. The molecule has 2 aromatic carbocycles. The van der Waals surface area contributed by atoms with E-state index in [1.165, 1.54) is 12.1 Å². The molecule has 43 heavy (non-hydrogen) atoms. The number of pyridine rings is 2. The molecule has 1 atom stereocenters. The van der Waals surface area contributed by atoms with Crippen molar-refractivity contribution in [2.45, 2.75) is 38.7 Å². The molecule has 2 heterocycles. The first-order chi connectivity index (χ1) is 20.4. The smallest absolute Gasteiger partial charge is 0.251 e. The Hall–Kier alpha value is -3.86. The first kappa shape index (κ1) is 30.6. The van der Waals surface area contributed by atoms with E-state index in [4.69, 9.17) is 33.7 Å². The molecular weight excluding hydrogens is 601 g/mol. The normalized spacial score (nSPS) is 14.4. The molecule has 2 aromatic heterocycles. The van der Waals surface area contributed by atoms with Crippen LogP contribution in [-0.2, 0) is 16.8 Å². The third-order valence-corrected chi connectivity index (χ3v) is 7.90. The highest BCUT2D eigenvalue weighted by Crippen LogP contribution is 2.47. The molecule has 1 aliphatic carbocycles. The highest BCUT2D eigenvalue weighted by Gasteiger charge is 2.47. The third kappa shape index (κ3) is 6.27. The first-order valence-electron chi connectivity index (χ1n) is 13.6. The molecular formula is C31H28Cl2F2N4O4. The minimum atomic E-state index is -1.72. The van der Waals surface area contributed by atoms with Gasteiger partial charge in [-0.15, -0.1) is 0 Å². The summed E-state index contributed by atoms with van der Waals surface area (Å²) in [7, 11) is 0. The summed E-state index contributed by atoms with van der Waals surface area (Å²) in [6.45, 7) is 3.43. The summed E-state index contributed by atoms with van der Waals surface area (Å²) < 4.78 is 34.9. The predicted molar refractivity (Wildman–Crippen MR) is 159 cm³/mol. The van der Waals surface area contributed by atoms with E-state index < -0.39 is 29.0 Å². The predicted octanol–water partition coefficient (Wildman–Crippen LogP) is 5.64. The van der Waals surface area contributed by atoms with Gasteiger partial charge in [0.1, 0.15) is 28.7 Å². The van der Waals surface area contributed by atoms with E-state index >= 15 is 4.39 Å². The number of fused-ring (bicyclic) bond motifs is 1. The molecule has 1 fully saturated rings. The number of nitrogens with zero attached hydrogens (tertiary/aromatic N) is 2. The maximum absolute atomic E-state index is 15.1. The number of carbonyl (C=O) groups excluding carboxylic acids is 2. The number of halogens is 4. The van der Waals surface area contributed by atoms with Crippen LogP contribution >= 0.6 is 23.2 Å². The van der Waals surface area contributed by atoms with E-state index in [1.54, 1.807) is 19.2 Å². The quantitative estimate of drug-likeness (QED) is 0.195. The number of aryl methyl sites for hydroxylation is 1. The lowest BCUT2D eigenvalue weighted by molar-refractivity contribution is -0.117. The highest BCUT2D eigenvalue weighted by molar-refractivity contribution is 6.35. The minimum Gasteiger partial charge on any atom is -0.491 e. The number of hydrogen-bond donors (Lipinski definition) is 3. The molecule has 0 radical (unpaired) electrons. The molecule has 5 rings (SSSR count). The zero-order chi connectivity index (χ0) is 31.1. The second-order valence-electron chi connectivity index (χ2n) is 10.6. The monoisotopic (exact) mass is 628 g/mol. The van der Waals surface area contributed by atoms with Crippen molar-refractivity contribution in [3.63, 3.8) is 0 Å². The van der Waals surface area contributed by atoms with Gasteiger partial charge in [0.05, 0.1) is 40.8 Å². The van der Waals surface area contributed by atoms with Gasteiger partial charge in [-0.3, -0.25) is 14.6 Å². The Balaban J connectivity index is 1.57. The van der Waals surface area contributed by atoms with Crippen molar-refractivity contribution < 1.29 is 28.2 Å². The molecule has 2 amide bonds. The van der Waals surface area contributed by atoms with Crippen molar-refractivity contribution in [3.8, 4) is 17.0 Å². The van der Waals surface area contributed by atoms with Crippen molar-refractivity contribution >= 4 is 45.9 Å². The molecule has 0 saturated heterocycles. The highest BCUT2D eigenvalue weighted by atomic mass is 35.5. The molecule has 1 aliphatic rings. The van der Waals surface area contributed by atoms with Gasteiger partial charge in [0.25, 0.3) is 5.91 Å². The second kappa shape index (κ2) is 12.0. The first-order valence-corrected chi connectivity index (χ1v) is 14.3. The lowest BCUT2D eigenvalue weighted by Gasteiger charge is -2.30. The van der Waals surface area contributed by atoms with E-state index in [0.29, 0.717) is 34.8 Å². The van der Waals surface area contributed by atoms with Crippen molar-refractivity contribution in [1.82, 2.24) is 15.3 Å². The Labute approximate surface area is 256 Å². The van der Waals surface area contributed by atoms with Crippen molar-refractivity contribution in [1.29, 1.82) is 0 Å². The van der Waals surface area contributed by atoms with E-state index in [0.717, 1.165) is 11.6 Å². The number of nitrogens with two attached hydrogens (primary N) is 1. The number of carbonyl (C=O) groups is 2. The van der Waals surface area contributed by atoms with Crippen molar-refractivity contribution in [2.24, 2.45) is 11.7 Å². The Morgan fingerprint density at radius 3 is 2.53 bits per heavy atom. The van der Waals surface area contributed by atoms with Crippen LogP contribution in [0.4, 0.5) is 8.78 Å². The van der Waals surface area contributed by atoms with E-state index in [-0.39, 0.29) is 64.3 Å². The number of amides is 2. The maximum Gasteiger partial charge on any atom is 0.251 e. The number of ether oxygens (including phenoxy) is 1. The number of aliphatic hydroxyl groups is 1. The van der Waals surface area contributed by atoms with E-state index in [1.807, 2.05) is 13.0 Å². The molecule has 4 N–H and O–H groups in total. The maximum atomic E-state index is 15.1. The fourth-order valence-corrected chi connectivity index (χ4v) is 5.53. The number of nitrogens with one attached hydrogen (secondary N) is 1. The molecule has 224 valence electrons. The van der Waals surface area contributed by atoms with Gasteiger partial charge in [-0.2, -0.15) is 0 Å². The summed E-state index contributed by atoms with van der Waals surface area (Å²) in [6, 6.07) is 8.16. The summed E-state index contributed by atoms with van der Waals surface area (Å²) in [6.07, 6.45) is 2.63. The van der Waals surface area contributed by atoms with Crippen LogP contribution < -0.4 is 15.8 Å². The average Bonchev–Trinajstić information content (AvgIpc) is 3.80. The summed E-state index contributed by atoms with van der Waals surface area (Å²) in [4.78, 5) is 34.2. The Morgan fingerprint density at radius 1 is 1.12 bits per heavy atom. The summed E-state index contributed by atoms with van der Waals surface area (Å²) in [5, 5.41) is 15.5. The van der Waals surface area contributed by atoms with Gasteiger partial charge in [0.15, 0.2) is 0 Å². The van der Waals surface area contributed by atoms with Crippen LogP contribution in [0.3, 0.4) is 0 Å². The van der Waals surface area contributed by atoms with Crippen LogP contribution in [0.2, 0.25) is 10.0 Å². The van der Waals surface area contributed by atoms with Gasteiger partial charge in [0.2, 0.25) is 5.91 Å². The molecule has 0 spiro atoms. The largest absolute Gasteiger partial charge is 0.491 e. The Bertz CT molecular complexity index is 1770. The van der Waals surface area contributed by atoms with Crippen LogP contribution in [0.5, 0.6) is 5.75 Å². The van der Waals surface area contributed by atoms with Crippen molar-refractivity contribution in [3.05, 3.63) is 86.7 Å². The van der Waals surface area contributed by atoms with Gasteiger partial charge >= 0.3 is 0 Å². The second-order valence-corrected chi connectivity index (χ2v) is 11.4. The minimum absolute atomic E-state index is 0.0449. The van der Waals surface area contributed by atoms with Gasteiger partial charge in [0, 0.05) is 34.3 Å². The number of hydrogen-bond acceptors (Lipinski definition) is 6. The topological polar surface area (TPSA) is 127 Å². The fourth-order valence-electron chi connectivity index (χ4n) is 5.09. The third-order valence-electron chi connectivity index (χ3n) is 7.32. The summed E-state index contributed by atoms with van der Waals surface area (Å²) in [5.41, 5.74) is 5.51. The average molecular weight is 629 g/mol. The Morgan fingerprint density at radius 2 is 1.86 bits per heavy atom. The zero-order valence-corrected chi connectivity index (χ0v) is 24.8. The molecule has 8 nitrogen and oxygen atoms in total. The van der Waals surface area contributed by atoms with E-state index in [2.05, 4.69) is 15.3 Å². The summed E-state index contributed by atoms with van der Waals surface area (Å²) >= 11 is 12.4. The fraction of sp³-hybridized carbons (Fsp3) is 0.290. The molecule has 1 saturated carbocycles. The Kier molecular flexibility index (Phi) is 8.56. The molecule has 0 unspecified atom stereocenters. The van der Waals surface area contributed by atoms with Gasteiger partial charge in [-0.1, -0.05) is 23.2 Å². The molecule has 4 aromatic rings. The standard InChI is InChI=1S/C31H28Cl2F2N4O4/c1-3-43-29-17(10-26(36)40)9-25(39-28(29)20-11-21(32)24(35)12-23(20)34)31(42,19-4-5-19)14-38-30(41)18-7-16-6-15(2)13-37-27(16)22(33)8-18/h6-9,11-13,19,42H,3-5,10,14H2,1-2H3,(H2,36,40)(H,38,41)/t31-/m1/s1. The van der Waals surface area contributed by atoms with Crippen molar-refractivity contribution in [2.75, 3.05) is 13.2 Å². The number of aromatic nitrogens is 2. The van der Waals surface area contributed by atoms with Crippen LogP contribution in [0, 0.1) is 24.5 Å². The zero-order valence-electron chi connectivity index (χ0n) is 23.3. The lowest BCUT2D eigenvalue weighted by Crippen LogP contribution is -2.43. The molecule has 0 bridgehead atoms. The SMILES string of the molecule is CCOc1c(CC(N)=O)cc([C@@](O)(CNC(=O)c2cc(Cl)c3ncc(C)cc3c2)C2CC2)nc1-c1cc(Cl)c(F)cc1F. The van der Waals surface area contributed by atoms with Crippen LogP contribution in [0.25, 0.3) is 22.2 Å². The van der Waals surface area contributed by atoms with Gasteiger partial charge < -0.3 is 20.9 Å². The van der Waals surface area contributed by atoms with Gasteiger partial charge in [-0.05, 0) is 68.5 Å². The number of benzene rings is 2. The van der Waals surface area contributed by atoms with E-state index in [9.17, 15) is 19.1 Å². The van der Waals surface area contributed by atoms with Crippen LogP contribution in [0.1, 0.15) is 46.9 Å².